The molecule has 0 aliphatic carbocycles. The maximum absolute atomic E-state index is 12.4. The van der Waals surface area contributed by atoms with E-state index in [-0.39, 0.29) is 17.1 Å². The van der Waals surface area contributed by atoms with E-state index >= 15 is 0 Å². The van der Waals surface area contributed by atoms with E-state index in [1.165, 1.54) is 6.07 Å². The van der Waals surface area contributed by atoms with Crippen LogP contribution in [-0.2, 0) is 6.42 Å². The van der Waals surface area contributed by atoms with Gasteiger partial charge in [-0.05, 0) is 34.5 Å². The van der Waals surface area contributed by atoms with Gasteiger partial charge in [0.15, 0.2) is 0 Å². The molecular weight excluding hydrogens is 346 g/mol. The van der Waals surface area contributed by atoms with Crippen LogP contribution in [0.2, 0.25) is 0 Å². The summed E-state index contributed by atoms with van der Waals surface area (Å²) >= 11 is 3.19. The van der Waals surface area contributed by atoms with E-state index in [9.17, 15) is 13.6 Å². The van der Waals surface area contributed by atoms with Crippen molar-refractivity contribution in [2.75, 3.05) is 0 Å². The molecule has 0 aliphatic rings. The lowest BCUT2D eigenvalue weighted by Gasteiger charge is -2.11. The summed E-state index contributed by atoms with van der Waals surface area (Å²) < 4.78 is 29.7. The molecule has 112 valence electrons. The summed E-state index contributed by atoms with van der Waals surface area (Å²) in [6.07, 6.45) is 1.42. The van der Waals surface area contributed by atoms with Crippen molar-refractivity contribution >= 4 is 15.9 Å². The van der Waals surface area contributed by atoms with Gasteiger partial charge in [-0.1, -0.05) is 25.5 Å². The normalized spacial score (nSPS) is 10.9. The standard InChI is InChI=1S/C14H13BrF2N2O2/c1-2-5-9-11(15)13(20)19-12(18-9)8-6-3-4-7-10(8)21-14(16)17/h3-4,6-7,14H,2,5H2,1H3,(H,18,19,20). The number of benzene rings is 1. The summed E-state index contributed by atoms with van der Waals surface area (Å²) in [4.78, 5) is 18.8. The van der Waals surface area contributed by atoms with E-state index in [2.05, 4.69) is 30.6 Å². The topological polar surface area (TPSA) is 55.0 Å². The molecule has 7 heteroatoms. The summed E-state index contributed by atoms with van der Waals surface area (Å²) in [6, 6.07) is 6.21. The van der Waals surface area contributed by atoms with Crippen LogP contribution in [-0.4, -0.2) is 16.6 Å². The highest BCUT2D eigenvalue weighted by Gasteiger charge is 2.15. The Bertz CT molecular complexity index is 689. The molecule has 0 amide bonds. The molecule has 4 nitrogen and oxygen atoms in total. The van der Waals surface area contributed by atoms with Gasteiger partial charge in [-0.15, -0.1) is 0 Å². The van der Waals surface area contributed by atoms with E-state index in [0.29, 0.717) is 22.2 Å². The van der Waals surface area contributed by atoms with Gasteiger partial charge in [-0.3, -0.25) is 4.79 Å². The van der Waals surface area contributed by atoms with E-state index in [0.717, 1.165) is 6.42 Å². The summed E-state index contributed by atoms with van der Waals surface area (Å²) in [6.45, 7) is -0.980. The second kappa shape index (κ2) is 6.80. The Morgan fingerprint density at radius 3 is 2.76 bits per heavy atom. The molecule has 1 aromatic heterocycles. The van der Waals surface area contributed by atoms with E-state index in [1.54, 1.807) is 18.2 Å². The zero-order valence-electron chi connectivity index (χ0n) is 11.2. The number of aromatic amines is 1. The number of aryl methyl sites for hydroxylation is 1. The molecule has 1 aromatic carbocycles. The van der Waals surface area contributed by atoms with Gasteiger partial charge in [0, 0.05) is 0 Å². The quantitative estimate of drug-likeness (QED) is 0.885. The molecule has 0 unspecified atom stereocenters. The van der Waals surface area contributed by atoms with Crippen LogP contribution in [0.5, 0.6) is 5.75 Å². The molecule has 0 radical (unpaired) electrons. The van der Waals surface area contributed by atoms with Crippen molar-refractivity contribution in [2.45, 2.75) is 26.4 Å². The smallest absolute Gasteiger partial charge is 0.387 e. The van der Waals surface area contributed by atoms with Gasteiger partial charge in [0.2, 0.25) is 0 Å². The Labute approximate surface area is 128 Å². The van der Waals surface area contributed by atoms with Crippen LogP contribution >= 0.6 is 15.9 Å². The van der Waals surface area contributed by atoms with Crippen molar-refractivity contribution in [1.29, 1.82) is 0 Å². The number of nitrogens with zero attached hydrogens (tertiary/aromatic N) is 1. The maximum Gasteiger partial charge on any atom is 0.387 e. The van der Waals surface area contributed by atoms with Crippen molar-refractivity contribution in [3.8, 4) is 17.1 Å². The second-order valence-electron chi connectivity index (χ2n) is 4.30. The Kier molecular flexibility index (Phi) is 5.06. The van der Waals surface area contributed by atoms with Crippen LogP contribution in [0.15, 0.2) is 33.5 Å². The number of hydrogen-bond donors (Lipinski definition) is 1. The SMILES string of the molecule is CCCc1nc(-c2ccccc2OC(F)F)[nH]c(=O)c1Br. The van der Waals surface area contributed by atoms with Gasteiger partial charge >= 0.3 is 6.61 Å². The van der Waals surface area contributed by atoms with Crippen LogP contribution in [0, 0.1) is 0 Å². The lowest BCUT2D eigenvalue weighted by Crippen LogP contribution is -2.14. The van der Waals surface area contributed by atoms with E-state index < -0.39 is 6.61 Å². The number of aromatic nitrogens is 2. The number of halogens is 3. The number of para-hydroxylation sites is 1. The zero-order chi connectivity index (χ0) is 15.4. The van der Waals surface area contributed by atoms with Gasteiger partial charge in [0.1, 0.15) is 16.0 Å². The third-order valence-electron chi connectivity index (χ3n) is 2.78. The fraction of sp³-hybridized carbons (Fsp3) is 0.286. The molecule has 0 aliphatic heterocycles. The lowest BCUT2D eigenvalue weighted by molar-refractivity contribution is -0.0494. The van der Waals surface area contributed by atoms with Crippen molar-refractivity contribution in [1.82, 2.24) is 9.97 Å². The third kappa shape index (κ3) is 3.66. The minimum Gasteiger partial charge on any atom is -0.434 e. The van der Waals surface area contributed by atoms with Crippen LogP contribution in [0.3, 0.4) is 0 Å². The minimum atomic E-state index is -2.94. The average molecular weight is 359 g/mol. The molecule has 0 fully saturated rings. The predicted octanol–water partition coefficient (Wildman–Crippen LogP) is 3.75. The first kappa shape index (κ1) is 15.6. The van der Waals surface area contributed by atoms with E-state index in [4.69, 9.17) is 0 Å². The number of alkyl halides is 2. The van der Waals surface area contributed by atoms with Crippen LogP contribution in [0.25, 0.3) is 11.4 Å². The van der Waals surface area contributed by atoms with Crippen molar-refractivity contribution in [2.24, 2.45) is 0 Å². The summed E-state index contributed by atoms with van der Waals surface area (Å²) in [7, 11) is 0. The highest BCUT2D eigenvalue weighted by atomic mass is 79.9. The number of nitrogens with one attached hydrogen (secondary N) is 1. The number of hydrogen-bond acceptors (Lipinski definition) is 3. The first-order valence-corrected chi connectivity index (χ1v) is 7.15. The zero-order valence-corrected chi connectivity index (χ0v) is 12.8. The molecule has 0 saturated carbocycles. The number of ether oxygens (including phenoxy) is 1. The fourth-order valence-electron chi connectivity index (χ4n) is 1.90. The highest BCUT2D eigenvalue weighted by molar-refractivity contribution is 9.10. The molecule has 0 saturated heterocycles. The highest BCUT2D eigenvalue weighted by Crippen LogP contribution is 2.28. The Morgan fingerprint density at radius 2 is 2.10 bits per heavy atom. The molecule has 21 heavy (non-hydrogen) atoms. The Morgan fingerprint density at radius 1 is 1.38 bits per heavy atom. The first-order valence-electron chi connectivity index (χ1n) is 6.35. The molecule has 2 rings (SSSR count). The summed E-state index contributed by atoms with van der Waals surface area (Å²) in [5, 5.41) is 0. The molecule has 0 atom stereocenters. The van der Waals surface area contributed by atoms with Crippen molar-refractivity contribution < 1.29 is 13.5 Å². The molecular formula is C14H13BrF2N2O2. The minimum absolute atomic E-state index is 0.0274. The number of rotatable bonds is 5. The van der Waals surface area contributed by atoms with Crippen LogP contribution in [0.1, 0.15) is 19.0 Å². The monoisotopic (exact) mass is 358 g/mol. The molecule has 2 aromatic rings. The molecule has 1 N–H and O–H groups in total. The van der Waals surface area contributed by atoms with Gasteiger partial charge in [-0.2, -0.15) is 8.78 Å². The molecule has 0 bridgehead atoms. The van der Waals surface area contributed by atoms with Gasteiger partial charge < -0.3 is 9.72 Å². The third-order valence-corrected chi connectivity index (χ3v) is 3.59. The van der Waals surface area contributed by atoms with Gasteiger partial charge in [0.05, 0.1) is 11.3 Å². The Hall–Kier alpha value is -1.76. The summed E-state index contributed by atoms with van der Waals surface area (Å²) in [5.41, 5.74) is 0.554. The lowest BCUT2D eigenvalue weighted by atomic mass is 10.1. The molecule has 0 spiro atoms. The average Bonchev–Trinajstić information content (AvgIpc) is 2.44. The predicted molar refractivity (Wildman–Crippen MR) is 78.6 cm³/mol. The molecule has 1 heterocycles. The van der Waals surface area contributed by atoms with Crippen LogP contribution < -0.4 is 10.3 Å². The van der Waals surface area contributed by atoms with Gasteiger partial charge in [0.25, 0.3) is 5.56 Å². The Balaban J connectivity index is 2.54. The largest absolute Gasteiger partial charge is 0.434 e. The number of H-pyrrole nitrogens is 1. The van der Waals surface area contributed by atoms with E-state index in [1.807, 2.05) is 6.92 Å². The summed E-state index contributed by atoms with van der Waals surface area (Å²) in [5.74, 6) is 0.184. The van der Waals surface area contributed by atoms with Gasteiger partial charge in [-0.25, -0.2) is 4.98 Å². The first-order chi connectivity index (χ1) is 10.0. The maximum atomic E-state index is 12.4. The second-order valence-corrected chi connectivity index (χ2v) is 5.09. The fourth-order valence-corrected chi connectivity index (χ4v) is 2.28. The van der Waals surface area contributed by atoms with Crippen LogP contribution in [0.4, 0.5) is 8.78 Å². The van der Waals surface area contributed by atoms with Crippen molar-refractivity contribution in [3.63, 3.8) is 0 Å². The van der Waals surface area contributed by atoms with Crippen molar-refractivity contribution in [3.05, 3.63) is 44.8 Å².